The summed E-state index contributed by atoms with van der Waals surface area (Å²) in [6.07, 6.45) is 5.39. The number of hydrogen-bond donors (Lipinski definition) is 1. The van der Waals surface area contributed by atoms with E-state index in [1.54, 1.807) is 14.2 Å². The van der Waals surface area contributed by atoms with Crippen molar-refractivity contribution in [3.8, 4) is 11.5 Å². The molecule has 0 amide bonds. The van der Waals surface area contributed by atoms with Crippen molar-refractivity contribution in [1.29, 1.82) is 0 Å². The average molecular weight is 300 g/mol. The number of hydrogen-bond acceptors (Lipinski definition) is 3. The third-order valence-corrected chi connectivity index (χ3v) is 4.13. The molecule has 1 aliphatic carbocycles. The van der Waals surface area contributed by atoms with Gasteiger partial charge < -0.3 is 14.8 Å². The van der Waals surface area contributed by atoms with Crippen LogP contribution < -0.4 is 14.8 Å². The van der Waals surface area contributed by atoms with E-state index in [0.717, 1.165) is 24.0 Å². The van der Waals surface area contributed by atoms with E-state index in [1.165, 1.54) is 31.2 Å². The van der Waals surface area contributed by atoms with Crippen LogP contribution in [0.1, 0.15) is 38.2 Å². The van der Waals surface area contributed by atoms with Gasteiger partial charge in [-0.05, 0) is 36.5 Å². The zero-order valence-corrected chi connectivity index (χ0v) is 13.5. The van der Waals surface area contributed by atoms with Crippen molar-refractivity contribution in [1.82, 2.24) is 5.32 Å². The van der Waals surface area contributed by atoms with Crippen molar-refractivity contribution in [2.24, 2.45) is 5.92 Å². The van der Waals surface area contributed by atoms with Gasteiger partial charge in [-0.2, -0.15) is 0 Å². The van der Waals surface area contributed by atoms with Crippen LogP contribution in [0.3, 0.4) is 0 Å². The van der Waals surface area contributed by atoms with Crippen LogP contribution in [0, 0.1) is 5.92 Å². The van der Waals surface area contributed by atoms with Crippen LogP contribution in [0.2, 0.25) is 0 Å². The van der Waals surface area contributed by atoms with Crippen LogP contribution in [-0.4, -0.2) is 20.3 Å². The van der Waals surface area contributed by atoms with Gasteiger partial charge in [0, 0.05) is 12.6 Å². The minimum Gasteiger partial charge on any atom is -0.493 e. The molecule has 0 heterocycles. The first kappa shape index (κ1) is 17.1. The third kappa shape index (κ3) is 4.29. The molecule has 0 bridgehead atoms. The fourth-order valence-electron chi connectivity index (χ4n) is 2.86. The van der Waals surface area contributed by atoms with E-state index in [9.17, 15) is 0 Å². The Bertz CT molecular complexity index is 411. The maximum absolute atomic E-state index is 5.34. The van der Waals surface area contributed by atoms with Gasteiger partial charge in [0.15, 0.2) is 11.5 Å². The van der Waals surface area contributed by atoms with Crippen molar-refractivity contribution >= 4 is 12.4 Å². The van der Waals surface area contributed by atoms with Crippen LogP contribution in [-0.2, 0) is 6.54 Å². The lowest BCUT2D eigenvalue weighted by Crippen LogP contribution is -2.36. The van der Waals surface area contributed by atoms with Crippen molar-refractivity contribution in [2.45, 2.75) is 45.2 Å². The lowest BCUT2D eigenvalue weighted by molar-refractivity contribution is 0.279. The number of ether oxygens (including phenoxy) is 2. The Labute approximate surface area is 128 Å². The first-order chi connectivity index (χ1) is 9.24. The monoisotopic (exact) mass is 299 g/mol. The van der Waals surface area contributed by atoms with E-state index in [4.69, 9.17) is 9.47 Å². The largest absolute Gasteiger partial charge is 0.493 e. The van der Waals surface area contributed by atoms with Gasteiger partial charge in [-0.1, -0.05) is 25.8 Å². The van der Waals surface area contributed by atoms with Gasteiger partial charge in [0.2, 0.25) is 0 Å². The molecule has 3 nitrogen and oxygen atoms in total. The van der Waals surface area contributed by atoms with E-state index < -0.39 is 0 Å². The molecule has 1 aromatic carbocycles. The summed E-state index contributed by atoms with van der Waals surface area (Å²) in [5.74, 6) is 2.38. The summed E-state index contributed by atoms with van der Waals surface area (Å²) in [7, 11) is 3.34. The molecule has 114 valence electrons. The number of rotatable bonds is 5. The van der Waals surface area contributed by atoms with Crippen LogP contribution in [0.5, 0.6) is 11.5 Å². The van der Waals surface area contributed by atoms with E-state index in [-0.39, 0.29) is 12.4 Å². The van der Waals surface area contributed by atoms with Crippen LogP contribution in [0.4, 0.5) is 0 Å². The second-order valence-corrected chi connectivity index (χ2v) is 5.44. The summed E-state index contributed by atoms with van der Waals surface area (Å²) in [5, 5.41) is 3.68. The zero-order chi connectivity index (χ0) is 13.7. The number of halogens is 1. The Kier molecular flexibility index (Phi) is 7.17. The maximum atomic E-state index is 5.34. The molecule has 2 unspecified atom stereocenters. The lowest BCUT2D eigenvalue weighted by Gasteiger charge is -2.29. The molecule has 4 heteroatoms. The highest BCUT2D eigenvalue weighted by Crippen LogP contribution is 2.28. The van der Waals surface area contributed by atoms with Crippen LogP contribution in [0.25, 0.3) is 0 Å². The predicted molar refractivity (Wildman–Crippen MR) is 85.1 cm³/mol. The van der Waals surface area contributed by atoms with Gasteiger partial charge in [0.05, 0.1) is 14.2 Å². The van der Waals surface area contributed by atoms with Crippen molar-refractivity contribution in [2.75, 3.05) is 14.2 Å². The Morgan fingerprint density at radius 1 is 1.10 bits per heavy atom. The van der Waals surface area contributed by atoms with Gasteiger partial charge in [0.25, 0.3) is 0 Å². The van der Waals surface area contributed by atoms with Crippen molar-refractivity contribution < 1.29 is 9.47 Å². The Morgan fingerprint density at radius 2 is 1.80 bits per heavy atom. The van der Waals surface area contributed by atoms with Gasteiger partial charge >= 0.3 is 0 Å². The maximum Gasteiger partial charge on any atom is 0.161 e. The fraction of sp³-hybridized carbons (Fsp3) is 0.625. The summed E-state index contributed by atoms with van der Waals surface area (Å²) < 4.78 is 10.6. The minimum atomic E-state index is 0. The topological polar surface area (TPSA) is 30.5 Å². The molecule has 2 rings (SSSR count). The molecular weight excluding hydrogens is 274 g/mol. The third-order valence-electron chi connectivity index (χ3n) is 4.13. The standard InChI is InChI=1S/C16H25NO2.ClH/c1-12-6-4-5-7-14(12)17-11-13-8-9-15(18-2)16(10-13)19-3;/h8-10,12,14,17H,4-7,11H2,1-3H3;1H. The first-order valence-electron chi connectivity index (χ1n) is 7.19. The molecule has 0 spiro atoms. The number of benzene rings is 1. The Hall–Kier alpha value is -0.930. The molecule has 1 aromatic rings. The SMILES string of the molecule is COc1ccc(CNC2CCCCC2C)cc1OC.Cl. The minimum absolute atomic E-state index is 0. The Balaban J connectivity index is 0.00000200. The highest BCUT2D eigenvalue weighted by Gasteiger charge is 2.20. The molecule has 1 saturated carbocycles. The summed E-state index contributed by atoms with van der Waals surface area (Å²) in [6.45, 7) is 3.25. The van der Waals surface area contributed by atoms with Crippen molar-refractivity contribution in [3.63, 3.8) is 0 Å². The number of methoxy groups -OCH3 is 2. The van der Waals surface area contributed by atoms with E-state index >= 15 is 0 Å². The van der Waals surface area contributed by atoms with E-state index in [2.05, 4.69) is 24.4 Å². The lowest BCUT2D eigenvalue weighted by atomic mass is 9.86. The smallest absolute Gasteiger partial charge is 0.161 e. The summed E-state index contributed by atoms with van der Waals surface area (Å²) in [5.41, 5.74) is 1.25. The second-order valence-electron chi connectivity index (χ2n) is 5.44. The first-order valence-corrected chi connectivity index (χ1v) is 7.19. The molecular formula is C16H26ClNO2. The molecule has 1 aliphatic rings. The normalized spacial score (nSPS) is 21.9. The highest BCUT2D eigenvalue weighted by molar-refractivity contribution is 5.85. The van der Waals surface area contributed by atoms with Gasteiger partial charge in [-0.25, -0.2) is 0 Å². The highest BCUT2D eigenvalue weighted by atomic mass is 35.5. The molecule has 0 aromatic heterocycles. The van der Waals surface area contributed by atoms with E-state index in [0.29, 0.717) is 6.04 Å². The zero-order valence-electron chi connectivity index (χ0n) is 12.6. The summed E-state index contributed by atoms with van der Waals surface area (Å²) >= 11 is 0. The molecule has 1 N–H and O–H groups in total. The molecule has 20 heavy (non-hydrogen) atoms. The molecule has 2 atom stereocenters. The molecule has 0 aliphatic heterocycles. The van der Waals surface area contributed by atoms with Crippen LogP contribution in [0.15, 0.2) is 18.2 Å². The second kappa shape index (κ2) is 8.38. The quantitative estimate of drug-likeness (QED) is 0.897. The van der Waals surface area contributed by atoms with E-state index in [1.807, 2.05) is 6.07 Å². The fourth-order valence-corrected chi connectivity index (χ4v) is 2.86. The summed E-state index contributed by atoms with van der Waals surface area (Å²) in [4.78, 5) is 0. The molecule has 1 fully saturated rings. The number of nitrogens with one attached hydrogen (secondary N) is 1. The average Bonchev–Trinajstić information content (AvgIpc) is 2.46. The van der Waals surface area contributed by atoms with Gasteiger partial charge in [0.1, 0.15) is 0 Å². The summed E-state index contributed by atoms with van der Waals surface area (Å²) in [6, 6.07) is 6.78. The molecule has 0 radical (unpaired) electrons. The predicted octanol–water partition coefficient (Wildman–Crippen LogP) is 3.79. The van der Waals surface area contributed by atoms with Gasteiger partial charge in [-0.15, -0.1) is 12.4 Å². The molecule has 0 saturated heterocycles. The van der Waals surface area contributed by atoms with Crippen LogP contribution >= 0.6 is 12.4 Å². The van der Waals surface area contributed by atoms with Gasteiger partial charge in [-0.3, -0.25) is 0 Å². The van der Waals surface area contributed by atoms with Crippen molar-refractivity contribution in [3.05, 3.63) is 23.8 Å². The Morgan fingerprint density at radius 3 is 2.45 bits per heavy atom.